The minimum atomic E-state index is -2.05. The second kappa shape index (κ2) is 16.1. The van der Waals surface area contributed by atoms with Crippen molar-refractivity contribution in [1.82, 2.24) is 0 Å². The molecule has 0 radical (unpaired) electrons. The van der Waals surface area contributed by atoms with Crippen LogP contribution in [0.15, 0.2) is 11.6 Å². The molecule has 9 rings (SSSR count). The van der Waals surface area contributed by atoms with Gasteiger partial charge in [-0.1, -0.05) is 39.3 Å². The number of ether oxygens (including phenoxy) is 8. The topological polar surface area (TPSA) is 256 Å². The van der Waals surface area contributed by atoms with Crippen molar-refractivity contribution in [2.24, 2.45) is 40.4 Å². The highest BCUT2D eigenvalue weighted by molar-refractivity contribution is 5.29. The first-order valence-corrected chi connectivity index (χ1v) is 22.8. The third kappa shape index (κ3) is 6.89. The van der Waals surface area contributed by atoms with Crippen LogP contribution in [0, 0.1) is 40.4 Å². The van der Waals surface area contributed by atoms with Gasteiger partial charge in [-0.15, -0.1) is 0 Å². The van der Waals surface area contributed by atoms with Gasteiger partial charge in [0.1, 0.15) is 60.0 Å². The predicted molar refractivity (Wildman–Crippen MR) is 210 cm³/mol. The first-order chi connectivity index (χ1) is 28.8. The number of hydrogen-bond acceptors (Lipinski definition) is 17. The van der Waals surface area contributed by atoms with Crippen molar-refractivity contribution in [3.05, 3.63) is 11.6 Å². The molecule has 5 saturated heterocycles. The maximum atomic E-state index is 12.8. The summed E-state index contributed by atoms with van der Waals surface area (Å²) in [5, 5.41) is 98.0. The van der Waals surface area contributed by atoms with Gasteiger partial charge >= 0.3 is 0 Å². The molecule has 0 aromatic rings. The van der Waals surface area contributed by atoms with E-state index in [2.05, 4.69) is 33.8 Å². The second-order valence-corrected chi connectivity index (χ2v) is 20.9. The fraction of sp³-hybridized carbons (Fsp3) is 0.955. The van der Waals surface area contributed by atoms with Gasteiger partial charge in [0.15, 0.2) is 24.7 Å². The van der Waals surface area contributed by atoms with E-state index in [-0.39, 0.29) is 28.8 Å². The molecule has 17 nitrogen and oxygen atoms in total. The minimum absolute atomic E-state index is 0.119. The van der Waals surface area contributed by atoms with Gasteiger partial charge < -0.3 is 83.9 Å². The Hall–Kier alpha value is -0.940. The van der Waals surface area contributed by atoms with Crippen molar-refractivity contribution in [2.75, 3.05) is 26.4 Å². The molecule has 5 heterocycles. The molecule has 0 bridgehead atoms. The zero-order valence-electron chi connectivity index (χ0n) is 36.0. The molecule has 0 aromatic carbocycles. The molecule has 8 fully saturated rings. The standard InChI is InChI=1S/C44H70O17/c1-20-8-13-43(55-17-20)22(3)44(53)29(61-43)15-27-25-7-6-23-14-24(9-11-40(23,4)26(25)10-12-41(27,44)5)57-38-35(60-37-33(50)32(49)30(47)21(2)56-37)34(31(48)28(16-45)58-38)59-39-36(51)42(52,18-46)19-54-39/h6,20-22,24-39,45-53H,7-19H2,1-5H3/t20-,21+,22-,24+,25-,26+,27+,28-,29+,30+,31-,32-,33-,34+,35-,36+,37+,38-,39+,40+,41+,42-,43-,44-/m1/s1. The normalized spacial score (nSPS) is 58.2. The number of allylic oxidation sites excluding steroid dienone is 1. The van der Waals surface area contributed by atoms with Crippen molar-refractivity contribution in [3.63, 3.8) is 0 Å². The van der Waals surface area contributed by atoms with E-state index in [1.807, 2.05) is 0 Å². The van der Waals surface area contributed by atoms with E-state index >= 15 is 0 Å². The van der Waals surface area contributed by atoms with Gasteiger partial charge in [0.2, 0.25) is 0 Å². The number of aliphatic hydroxyl groups excluding tert-OH is 7. The largest absolute Gasteiger partial charge is 0.394 e. The molecule has 24 atom stereocenters. The fourth-order valence-electron chi connectivity index (χ4n) is 13.7. The van der Waals surface area contributed by atoms with Gasteiger partial charge in [-0.25, -0.2) is 0 Å². The highest BCUT2D eigenvalue weighted by Gasteiger charge is 2.76. The van der Waals surface area contributed by atoms with Crippen molar-refractivity contribution in [3.8, 4) is 0 Å². The van der Waals surface area contributed by atoms with Crippen LogP contribution in [-0.4, -0.2) is 175 Å². The molecule has 17 heteroatoms. The van der Waals surface area contributed by atoms with E-state index in [9.17, 15) is 46.0 Å². The van der Waals surface area contributed by atoms with Crippen LogP contribution in [0.5, 0.6) is 0 Å². The third-order valence-electron chi connectivity index (χ3n) is 17.7. The van der Waals surface area contributed by atoms with Crippen LogP contribution in [0.25, 0.3) is 0 Å². The summed E-state index contributed by atoms with van der Waals surface area (Å²) in [6, 6.07) is 0. The van der Waals surface area contributed by atoms with Gasteiger partial charge in [-0.2, -0.15) is 0 Å². The van der Waals surface area contributed by atoms with Crippen LogP contribution in [0.4, 0.5) is 0 Å². The third-order valence-corrected chi connectivity index (χ3v) is 17.7. The Balaban J connectivity index is 0.941. The molecule has 0 unspecified atom stereocenters. The first kappa shape index (κ1) is 45.2. The average Bonchev–Trinajstić information content (AvgIpc) is 3.74. The van der Waals surface area contributed by atoms with Gasteiger partial charge in [0.25, 0.3) is 0 Å². The van der Waals surface area contributed by atoms with E-state index in [4.69, 9.17) is 37.9 Å². The fourth-order valence-corrected chi connectivity index (χ4v) is 13.7. The molecule has 5 aliphatic heterocycles. The Morgan fingerprint density at radius 1 is 0.787 bits per heavy atom. The van der Waals surface area contributed by atoms with Crippen LogP contribution in [-0.2, 0) is 37.9 Å². The summed E-state index contributed by atoms with van der Waals surface area (Å²) in [4.78, 5) is 0. The summed E-state index contributed by atoms with van der Waals surface area (Å²) >= 11 is 0. The van der Waals surface area contributed by atoms with Gasteiger partial charge in [-0.05, 0) is 87.4 Å². The van der Waals surface area contributed by atoms with Crippen LogP contribution >= 0.6 is 0 Å². The lowest BCUT2D eigenvalue weighted by Crippen LogP contribution is -2.65. The lowest BCUT2D eigenvalue weighted by atomic mass is 9.46. The molecule has 3 saturated carbocycles. The maximum absolute atomic E-state index is 12.8. The Kier molecular flexibility index (Phi) is 12.0. The Bertz CT molecular complexity index is 1630. The number of aliphatic hydroxyl groups is 9. The molecule has 0 amide bonds. The highest BCUT2D eigenvalue weighted by atomic mass is 16.8. The van der Waals surface area contributed by atoms with Crippen LogP contribution in [0.1, 0.15) is 92.4 Å². The maximum Gasteiger partial charge on any atom is 0.187 e. The number of fused-ring (bicyclic) bond motifs is 7. The first-order valence-electron chi connectivity index (χ1n) is 22.8. The van der Waals surface area contributed by atoms with Crippen molar-refractivity contribution < 1.29 is 83.9 Å². The SMILES string of the molecule is C[C@@H]1CC[C@@]2(OC1)O[C@H]1C[C@H]3[C@@H]4CC=C5C[C@@H](O[C@@H]6O[C@H](CO)[C@@H](O)[C@H](O[C@@H]7OC[C@](O)(CO)[C@H]7O)[C@H]6O[C@@H]6O[C@@H](C)[C@H](O)[C@@H](O)[C@H]6O)CC[C@]5(C)[C@H]4CC[C@]3(C)[C@@]1(O)[C@@H]2C. The number of hydrogen-bond donors (Lipinski definition) is 9. The Morgan fingerprint density at radius 3 is 2.23 bits per heavy atom. The summed E-state index contributed by atoms with van der Waals surface area (Å²) in [6.07, 6.45) is -8.70. The summed E-state index contributed by atoms with van der Waals surface area (Å²) in [6.45, 7) is 9.18. The molecular weight excluding hydrogens is 800 g/mol. The van der Waals surface area contributed by atoms with Crippen LogP contribution in [0.2, 0.25) is 0 Å². The van der Waals surface area contributed by atoms with Crippen LogP contribution in [0.3, 0.4) is 0 Å². The van der Waals surface area contributed by atoms with Gasteiger partial charge in [0, 0.05) is 17.8 Å². The van der Waals surface area contributed by atoms with Gasteiger partial charge in [0.05, 0.1) is 44.7 Å². The smallest absolute Gasteiger partial charge is 0.187 e. The van der Waals surface area contributed by atoms with E-state index in [1.165, 1.54) is 12.5 Å². The van der Waals surface area contributed by atoms with E-state index < -0.39 is 117 Å². The number of rotatable bonds is 8. The molecular formula is C44H70O17. The lowest BCUT2D eigenvalue weighted by Gasteiger charge is -2.60. The van der Waals surface area contributed by atoms with Crippen LogP contribution < -0.4 is 0 Å². The summed E-state index contributed by atoms with van der Waals surface area (Å²) < 4.78 is 49.8. The molecule has 4 aliphatic carbocycles. The van der Waals surface area contributed by atoms with Crippen molar-refractivity contribution >= 4 is 0 Å². The molecule has 0 aromatic heterocycles. The zero-order chi connectivity index (χ0) is 43.6. The summed E-state index contributed by atoms with van der Waals surface area (Å²) in [5.74, 6) is 0.664. The second-order valence-electron chi connectivity index (χ2n) is 20.9. The molecule has 61 heavy (non-hydrogen) atoms. The Labute approximate surface area is 357 Å². The summed E-state index contributed by atoms with van der Waals surface area (Å²) in [5.41, 5.74) is -2.17. The quantitative estimate of drug-likeness (QED) is 0.145. The van der Waals surface area contributed by atoms with Gasteiger partial charge in [-0.3, -0.25) is 0 Å². The minimum Gasteiger partial charge on any atom is -0.394 e. The predicted octanol–water partition coefficient (Wildman–Crippen LogP) is -0.0303. The van der Waals surface area contributed by atoms with E-state index in [1.54, 1.807) is 0 Å². The molecule has 9 aliphatic rings. The monoisotopic (exact) mass is 870 g/mol. The van der Waals surface area contributed by atoms with E-state index in [0.717, 1.165) is 44.9 Å². The molecule has 9 N–H and O–H groups in total. The highest BCUT2D eigenvalue weighted by Crippen LogP contribution is 2.72. The molecule has 348 valence electrons. The van der Waals surface area contributed by atoms with E-state index in [0.29, 0.717) is 37.2 Å². The van der Waals surface area contributed by atoms with Crippen molar-refractivity contribution in [1.29, 1.82) is 0 Å². The average molecular weight is 871 g/mol. The summed E-state index contributed by atoms with van der Waals surface area (Å²) in [7, 11) is 0. The molecule has 1 spiro atoms. The lowest BCUT2D eigenvalue weighted by molar-refractivity contribution is -0.382. The zero-order valence-corrected chi connectivity index (χ0v) is 36.0. The Morgan fingerprint density at radius 2 is 1.54 bits per heavy atom. The van der Waals surface area contributed by atoms with Crippen molar-refractivity contribution in [2.45, 2.75) is 195 Å².